The number of piperidine rings is 1. The summed E-state index contributed by atoms with van der Waals surface area (Å²) in [4.78, 5) is 2.54. The van der Waals surface area contributed by atoms with E-state index in [1.807, 2.05) is 0 Å². The molecule has 0 aromatic carbocycles. The van der Waals surface area contributed by atoms with Gasteiger partial charge in [0.2, 0.25) is 0 Å². The lowest BCUT2D eigenvalue weighted by atomic mass is 10.0. The third-order valence-electron chi connectivity index (χ3n) is 4.56. The first kappa shape index (κ1) is 14.1. The summed E-state index contributed by atoms with van der Waals surface area (Å²) in [5.74, 6) is 0.994. The minimum atomic E-state index is 0.459. The van der Waals surface area contributed by atoms with Crippen molar-refractivity contribution in [2.24, 2.45) is 5.92 Å². The third-order valence-corrected chi connectivity index (χ3v) is 4.56. The van der Waals surface area contributed by atoms with Crippen molar-refractivity contribution in [1.29, 1.82) is 0 Å². The Hall–Kier alpha value is -0.870. The Balaban J connectivity index is 1.40. The maximum absolute atomic E-state index is 4.65. The Morgan fingerprint density at radius 3 is 2.60 bits per heavy atom. The Morgan fingerprint density at radius 2 is 2.00 bits per heavy atom. The number of likely N-dealkylation sites (tertiary alicyclic amines) is 1. The molecule has 0 spiro atoms. The van der Waals surface area contributed by atoms with Crippen molar-refractivity contribution in [3.63, 3.8) is 0 Å². The molecule has 0 unspecified atom stereocenters. The highest BCUT2D eigenvalue weighted by Gasteiger charge is 2.24. The molecule has 2 fully saturated rings. The van der Waals surface area contributed by atoms with Crippen molar-refractivity contribution in [1.82, 2.24) is 20.0 Å². The van der Waals surface area contributed by atoms with E-state index < -0.39 is 0 Å². The van der Waals surface area contributed by atoms with Crippen LogP contribution in [0.2, 0.25) is 0 Å². The van der Waals surface area contributed by atoms with E-state index in [9.17, 15) is 0 Å². The number of nitrogens with one attached hydrogen (secondary N) is 1. The van der Waals surface area contributed by atoms with Crippen molar-refractivity contribution >= 4 is 0 Å². The summed E-state index contributed by atoms with van der Waals surface area (Å²) in [7, 11) is 0. The van der Waals surface area contributed by atoms with Gasteiger partial charge in [-0.15, -0.1) is 0 Å². The third kappa shape index (κ3) is 3.83. The highest BCUT2D eigenvalue weighted by Crippen LogP contribution is 2.28. The van der Waals surface area contributed by atoms with Gasteiger partial charge in [0.25, 0.3) is 0 Å². The van der Waals surface area contributed by atoms with Gasteiger partial charge in [-0.3, -0.25) is 9.58 Å². The minimum absolute atomic E-state index is 0.459. The lowest BCUT2D eigenvalue weighted by Gasteiger charge is -2.32. The highest BCUT2D eigenvalue weighted by molar-refractivity contribution is 5.00. The Kier molecular flexibility index (Phi) is 4.41. The molecule has 0 bridgehead atoms. The van der Waals surface area contributed by atoms with E-state index in [0.717, 1.165) is 18.5 Å². The number of nitrogens with zero attached hydrogens (tertiary/aromatic N) is 3. The normalized spacial score (nSPS) is 21.8. The van der Waals surface area contributed by atoms with Crippen LogP contribution in [-0.4, -0.2) is 40.4 Å². The molecule has 2 heterocycles. The minimum Gasteiger partial charge on any atom is -0.314 e. The van der Waals surface area contributed by atoms with Crippen LogP contribution in [0.1, 0.15) is 51.3 Å². The van der Waals surface area contributed by atoms with Crippen molar-refractivity contribution in [2.75, 3.05) is 19.6 Å². The molecule has 0 radical (unpaired) electrons. The average molecular weight is 276 g/mol. The molecule has 1 aliphatic heterocycles. The van der Waals surface area contributed by atoms with Gasteiger partial charge in [-0.1, -0.05) is 0 Å². The number of aromatic nitrogens is 2. The summed E-state index contributed by atoms with van der Waals surface area (Å²) in [6.07, 6.45) is 7.58. The second-order valence-corrected chi connectivity index (χ2v) is 6.78. The van der Waals surface area contributed by atoms with E-state index in [1.54, 1.807) is 0 Å². The molecule has 1 saturated carbocycles. The van der Waals surface area contributed by atoms with Gasteiger partial charge in [-0.2, -0.15) is 5.10 Å². The molecular formula is C16H28N4. The van der Waals surface area contributed by atoms with Crippen LogP contribution in [0.25, 0.3) is 0 Å². The van der Waals surface area contributed by atoms with Gasteiger partial charge in [0.15, 0.2) is 0 Å². The molecule has 1 aromatic rings. The van der Waals surface area contributed by atoms with Crippen LogP contribution in [0, 0.1) is 5.92 Å². The molecule has 1 saturated heterocycles. The van der Waals surface area contributed by atoms with Crippen molar-refractivity contribution in [3.8, 4) is 0 Å². The maximum Gasteiger partial charge on any atom is 0.0764 e. The lowest BCUT2D eigenvalue weighted by Crippen LogP contribution is -2.42. The van der Waals surface area contributed by atoms with Crippen LogP contribution in [0.15, 0.2) is 12.3 Å². The molecule has 0 amide bonds. The standard InChI is InChI=1S/C16H28N4/c1-13(2)20-10-7-16(18-20)12-19-8-5-15(6-9-19)17-11-14-3-4-14/h7,10,13-15,17H,3-6,8-9,11-12H2,1-2H3. The monoisotopic (exact) mass is 276 g/mol. The molecular weight excluding hydrogens is 248 g/mol. The van der Waals surface area contributed by atoms with Gasteiger partial charge < -0.3 is 5.32 Å². The summed E-state index contributed by atoms with van der Waals surface area (Å²) in [6, 6.07) is 3.37. The van der Waals surface area contributed by atoms with Crippen molar-refractivity contribution in [2.45, 2.75) is 58.2 Å². The summed E-state index contributed by atoms with van der Waals surface area (Å²) < 4.78 is 2.05. The quantitative estimate of drug-likeness (QED) is 0.866. The Morgan fingerprint density at radius 1 is 1.25 bits per heavy atom. The van der Waals surface area contributed by atoms with Gasteiger partial charge in [0.05, 0.1) is 5.69 Å². The first-order valence-electron chi connectivity index (χ1n) is 8.20. The first-order chi connectivity index (χ1) is 9.70. The fourth-order valence-corrected chi connectivity index (χ4v) is 2.93. The molecule has 0 atom stereocenters. The van der Waals surface area contributed by atoms with Gasteiger partial charge >= 0.3 is 0 Å². The zero-order chi connectivity index (χ0) is 13.9. The fraction of sp³-hybridized carbons (Fsp3) is 0.812. The zero-order valence-electron chi connectivity index (χ0n) is 12.9. The van der Waals surface area contributed by atoms with Crippen LogP contribution in [-0.2, 0) is 6.54 Å². The molecule has 1 N–H and O–H groups in total. The highest BCUT2D eigenvalue weighted by atomic mass is 15.3. The molecule has 1 aliphatic carbocycles. The average Bonchev–Trinajstić information content (AvgIpc) is 3.15. The number of rotatable bonds is 6. The van der Waals surface area contributed by atoms with Gasteiger partial charge in [0, 0.05) is 37.9 Å². The second-order valence-electron chi connectivity index (χ2n) is 6.78. The van der Waals surface area contributed by atoms with Gasteiger partial charge in [0.1, 0.15) is 0 Å². The molecule has 112 valence electrons. The van der Waals surface area contributed by atoms with E-state index in [-0.39, 0.29) is 0 Å². The molecule has 4 heteroatoms. The van der Waals surface area contributed by atoms with E-state index in [4.69, 9.17) is 0 Å². The van der Waals surface area contributed by atoms with Crippen molar-refractivity contribution in [3.05, 3.63) is 18.0 Å². The molecule has 3 rings (SSSR count). The summed E-state index contributed by atoms with van der Waals surface area (Å²) in [5.41, 5.74) is 1.21. The van der Waals surface area contributed by atoms with E-state index in [2.05, 4.69) is 46.1 Å². The SMILES string of the molecule is CC(C)n1ccc(CN2CCC(NCC3CC3)CC2)n1. The van der Waals surface area contributed by atoms with Gasteiger partial charge in [-0.25, -0.2) is 0 Å². The number of hydrogen-bond donors (Lipinski definition) is 1. The first-order valence-corrected chi connectivity index (χ1v) is 8.20. The van der Waals surface area contributed by atoms with Gasteiger partial charge in [-0.05, 0) is 58.1 Å². The smallest absolute Gasteiger partial charge is 0.0764 e. The predicted molar refractivity (Wildman–Crippen MR) is 81.6 cm³/mol. The van der Waals surface area contributed by atoms with E-state index in [1.165, 1.54) is 51.0 Å². The maximum atomic E-state index is 4.65. The van der Waals surface area contributed by atoms with Crippen LogP contribution in [0.4, 0.5) is 0 Å². The second kappa shape index (κ2) is 6.27. The summed E-state index contributed by atoms with van der Waals surface area (Å²) in [5, 5.41) is 8.39. The Bertz CT molecular complexity index is 414. The van der Waals surface area contributed by atoms with E-state index >= 15 is 0 Å². The summed E-state index contributed by atoms with van der Waals surface area (Å²) in [6.45, 7) is 9.02. The van der Waals surface area contributed by atoms with E-state index in [0.29, 0.717) is 6.04 Å². The lowest BCUT2D eigenvalue weighted by molar-refractivity contribution is 0.187. The summed E-state index contributed by atoms with van der Waals surface area (Å²) >= 11 is 0. The Labute approximate surface area is 122 Å². The van der Waals surface area contributed by atoms with Crippen LogP contribution >= 0.6 is 0 Å². The zero-order valence-corrected chi connectivity index (χ0v) is 12.9. The fourth-order valence-electron chi connectivity index (χ4n) is 2.93. The van der Waals surface area contributed by atoms with Crippen LogP contribution in [0.5, 0.6) is 0 Å². The molecule has 2 aliphatic rings. The molecule has 1 aromatic heterocycles. The molecule has 4 nitrogen and oxygen atoms in total. The number of hydrogen-bond acceptors (Lipinski definition) is 3. The predicted octanol–water partition coefficient (Wildman–Crippen LogP) is 2.43. The molecule has 20 heavy (non-hydrogen) atoms. The van der Waals surface area contributed by atoms with Crippen LogP contribution < -0.4 is 5.32 Å². The largest absolute Gasteiger partial charge is 0.314 e. The van der Waals surface area contributed by atoms with Crippen LogP contribution in [0.3, 0.4) is 0 Å². The van der Waals surface area contributed by atoms with Crippen molar-refractivity contribution < 1.29 is 0 Å². The topological polar surface area (TPSA) is 33.1 Å².